The molecule has 0 radical (unpaired) electrons. The molecule has 0 amide bonds. The van der Waals surface area contributed by atoms with Crippen molar-refractivity contribution in [3.8, 4) is 0 Å². The number of hydrogen-bond donors (Lipinski definition) is 1. The van der Waals surface area contributed by atoms with Gasteiger partial charge in [-0.3, -0.25) is 0 Å². The highest BCUT2D eigenvalue weighted by Crippen LogP contribution is 2.27. The van der Waals surface area contributed by atoms with Crippen LogP contribution in [0.2, 0.25) is 0 Å². The van der Waals surface area contributed by atoms with Crippen molar-refractivity contribution in [1.82, 2.24) is 4.98 Å². The molecule has 0 aliphatic carbocycles. The first-order valence-corrected chi connectivity index (χ1v) is 5.15. The third-order valence-electron chi connectivity index (χ3n) is 1.03. The maximum absolute atomic E-state index is 10.5. The van der Waals surface area contributed by atoms with Gasteiger partial charge in [0.25, 0.3) is 0 Å². The molecule has 0 spiro atoms. The first-order chi connectivity index (χ1) is 5.59. The summed E-state index contributed by atoms with van der Waals surface area (Å²) >= 11 is 2.80. The number of nitrogens with zero attached hydrogens (tertiary/aromatic N) is 1. The van der Waals surface area contributed by atoms with Gasteiger partial charge in [0.1, 0.15) is 4.88 Å². The van der Waals surface area contributed by atoms with Crippen LogP contribution < -0.4 is 0 Å². The zero-order chi connectivity index (χ0) is 9.14. The Morgan fingerprint density at radius 1 is 1.75 bits per heavy atom. The molecule has 0 bridgehead atoms. The standard InChI is InChI=1S/C7H9NO2S2/c1-4(2)11-7-8-3-5(12-7)6(9)10/h3-4H,1-2H3,(H,9,10). The second kappa shape index (κ2) is 3.91. The van der Waals surface area contributed by atoms with E-state index in [0.29, 0.717) is 10.1 Å². The summed E-state index contributed by atoms with van der Waals surface area (Å²) in [5.41, 5.74) is 0. The SMILES string of the molecule is CC(C)Sc1ncc(C(=O)O)s1. The molecule has 1 aromatic rings. The second-order valence-electron chi connectivity index (χ2n) is 2.46. The van der Waals surface area contributed by atoms with Crippen LogP contribution in [0.4, 0.5) is 0 Å². The average Bonchev–Trinajstić information content (AvgIpc) is 2.34. The fourth-order valence-corrected chi connectivity index (χ4v) is 2.66. The lowest BCUT2D eigenvalue weighted by Crippen LogP contribution is -1.89. The van der Waals surface area contributed by atoms with Gasteiger partial charge >= 0.3 is 5.97 Å². The van der Waals surface area contributed by atoms with Crippen molar-refractivity contribution in [3.63, 3.8) is 0 Å². The topological polar surface area (TPSA) is 50.2 Å². The average molecular weight is 203 g/mol. The van der Waals surface area contributed by atoms with E-state index in [0.717, 1.165) is 4.34 Å². The number of thioether (sulfide) groups is 1. The Balaban J connectivity index is 2.71. The molecular weight excluding hydrogens is 194 g/mol. The Bertz CT molecular complexity index is 283. The van der Waals surface area contributed by atoms with Gasteiger partial charge in [-0.15, -0.1) is 11.3 Å². The lowest BCUT2D eigenvalue weighted by Gasteiger charge is -1.97. The van der Waals surface area contributed by atoms with Crippen LogP contribution in [0.1, 0.15) is 23.5 Å². The van der Waals surface area contributed by atoms with Crippen molar-refractivity contribution in [2.75, 3.05) is 0 Å². The molecule has 0 fully saturated rings. The molecule has 5 heteroatoms. The molecule has 0 aromatic carbocycles. The van der Waals surface area contributed by atoms with Gasteiger partial charge < -0.3 is 5.11 Å². The van der Waals surface area contributed by atoms with Crippen LogP contribution in [-0.2, 0) is 0 Å². The number of aromatic nitrogens is 1. The van der Waals surface area contributed by atoms with E-state index in [4.69, 9.17) is 5.11 Å². The van der Waals surface area contributed by atoms with Gasteiger partial charge in [0.2, 0.25) is 0 Å². The lowest BCUT2D eigenvalue weighted by atomic mass is 10.6. The number of thiazole rings is 1. The maximum Gasteiger partial charge on any atom is 0.347 e. The third-order valence-corrected chi connectivity index (χ3v) is 3.13. The molecule has 0 unspecified atom stereocenters. The molecule has 1 aromatic heterocycles. The van der Waals surface area contributed by atoms with Gasteiger partial charge in [-0.05, 0) is 0 Å². The number of hydrogen-bond acceptors (Lipinski definition) is 4. The number of carboxylic acid groups (broad SMARTS) is 1. The molecule has 0 aliphatic heterocycles. The van der Waals surface area contributed by atoms with Gasteiger partial charge in [0, 0.05) is 5.25 Å². The summed E-state index contributed by atoms with van der Waals surface area (Å²) in [5.74, 6) is -0.900. The summed E-state index contributed by atoms with van der Waals surface area (Å²) < 4.78 is 0.822. The van der Waals surface area contributed by atoms with Crippen LogP contribution in [0.15, 0.2) is 10.5 Å². The Morgan fingerprint density at radius 2 is 2.42 bits per heavy atom. The molecule has 3 nitrogen and oxygen atoms in total. The molecule has 0 saturated carbocycles. The smallest absolute Gasteiger partial charge is 0.347 e. The number of carboxylic acids is 1. The Morgan fingerprint density at radius 3 is 2.83 bits per heavy atom. The van der Waals surface area contributed by atoms with E-state index in [1.807, 2.05) is 13.8 Å². The fraction of sp³-hybridized carbons (Fsp3) is 0.429. The van der Waals surface area contributed by atoms with Crippen LogP contribution in [0.3, 0.4) is 0 Å². The maximum atomic E-state index is 10.5. The van der Waals surface area contributed by atoms with Gasteiger partial charge in [0.05, 0.1) is 6.20 Å². The Labute approximate surface area is 78.8 Å². The predicted octanol–water partition coefficient (Wildman–Crippen LogP) is 2.34. The van der Waals surface area contributed by atoms with E-state index in [-0.39, 0.29) is 0 Å². The Hall–Kier alpha value is -0.550. The van der Waals surface area contributed by atoms with Crippen molar-refractivity contribution in [2.45, 2.75) is 23.4 Å². The van der Waals surface area contributed by atoms with Crippen molar-refractivity contribution < 1.29 is 9.90 Å². The molecule has 66 valence electrons. The third kappa shape index (κ3) is 2.49. The fourth-order valence-electron chi connectivity index (χ4n) is 0.613. The summed E-state index contributed by atoms with van der Waals surface area (Å²) in [6, 6.07) is 0. The number of rotatable bonds is 3. The van der Waals surface area contributed by atoms with Gasteiger partial charge in [0.15, 0.2) is 4.34 Å². The van der Waals surface area contributed by atoms with E-state index < -0.39 is 5.97 Å². The van der Waals surface area contributed by atoms with Crippen molar-refractivity contribution in [1.29, 1.82) is 0 Å². The van der Waals surface area contributed by atoms with Crippen molar-refractivity contribution in [3.05, 3.63) is 11.1 Å². The molecule has 1 heterocycles. The van der Waals surface area contributed by atoms with Crippen LogP contribution in [0.5, 0.6) is 0 Å². The predicted molar refractivity (Wildman–Crippen MR) is 50.1 cm³/mol. The van der Waals surface area contributed by atoms with Crippen LogP contribution >= 0.6 is 23.1 Å². The zero-order valence-corrected chi connectivity index (χ0v) is 8.41. The highest BCUT2D eigenvalue weighted by atomic mass is 32.2. The second-order valence-corrected chi connectivity index (χ2v) is 5.32. The van der Waals surface area contributed by atoms with Crippen LogP contribution in [0.25, 0.3) is 0 Å². The first-order valence-electron chi connectivity index (χ1n) is 3.45. The highest BCUT2D eigenvalue weighted by molar-refractivity contribution is 8.01. The van der Waals surface area contributed by atoms with E-state index >= 15 is 0 Å². The molecule has 0 aliphatic rings. The van der Waals surface area contributed by atoms with E-state index in [9.17, 15) is 4.79 Å². The van der Waals surface area contributed by atoms with Gasteiger partial charge in [-0.25, -0.2) is 9.78 Å². The zero-order valence-electron chi connectivity index (χ0n) is 6.77. The van der Waals surface area contributed by atoms with Crippen LogP contribution in [0, 0.1) is 0 Å². The summed E-state index contributed by atoms with van der Waals surface area (Å²) in [5, 5.41) is 9.04. The largest absolute Gasteiger partial charge is 0.477 e. The first kappa shape index (κ1) is 9.54. The minimum absolute atomic E-state index is 0.304. The molecule has 0 atom stereocenters. The lowest BCUT2D eigenvalue weighted by molar-refractivity contribution is 0.0702. The van der Waals surface area contributed by atoms with E-state index in [1.54, 1.807) is 11.8 Å². The number of aromatic carboxylic acids is 1. The quantitative estimate of drug-likeness (QED) is 0.766. The molecule has 12 heavy (non-hydrogen) atoms. The molecule has 1 N–H and O–H groups in total. The summed E-state index contributed by atoms with van der Waals surface area (Å²) in [7, 11) is 0. The summed E-state index contributed by atoms with van der Waals surface area (Å²) in [6.07, 6.45) is 1.40. The normalized spacial score (nSPS) is 10.6. The number of carbonyl (C=O) groups is 1. The van der Waals surface area contributed by atoms with Crippen LogP contribution in [-0.4, -0.2) is 21.3 Å². The molecular formula is C7H9NO2S2. The molecule has 1 rings (SSSR count). The summed E-state index contributed by atoms with van der Waals surface area (Å²) in [6.45, 7) is 4.10. The monoisotopic (exact) mass is 203 g/mol. The summed E-state index contributed by atoms with van der Waals surface area (Å²) in [4.78, 5) is 14.7. The Kier molecular flexibility index (Phi) is 3.11. The van der Waals surface area contributed by atoms with Crippen molar-refractivity contribution in [2.24, 2.45) is 0 Å². The minimum Gasteiger partial charge on any atom is -0.477 e. The minimum atomic E-state index is -0.900. The highest BCUT2D eigenvalue weighted by Gasteiger charge is 2.09. The van der Waals surface area contributed by atoms with E-state index in [2.05, 4.69) is 4.98 Å². The van der Waals surface area contributed by atoms with Gasteiger partial charge in [-0.2, -0.15) is 0 Å². The van der Waals surface area contributed by atoms with Crippen molar-refractivity contribution >= 4 is 29.1 Å². The van der Waals surface area contributed by atoms with Gasteiger partial charge in [-0.1, -0.05) is 25.6 Å². The molecule has 0 saturated heterocycles. The van der Waals surface area contributed by atoms with E-state index in [1.165, 1.54) is 17.5 Å².